The minimum absolute atomic E-state index is 0.00116. The van der Waals surface area contributed by atoms with Gasteiger partial charge < -0.3 is 10.2 Å². The van der Waals surface area contributed by atoms with Crippen molar-refractivity contribution in [3.63, 3.8) is 0 Å². The number of sulfonamides is 1. The summed E-state index contributed by atoms with van der Waals surface area (Å²) in [5.74, 6) is 0. The van der Waals surface area contributed by atoms with Crippen molar-refractivity contribution in [1.29, 1.82) is 0 Å². The van der Waals surface area contributed by atoms with E-state index in [-0.39, 0.29) is 13.2 Å². The SMILES string of the molecule is O=S(=O)(NCCc1ccc(C(O)CCCO)cc1)c1cccc(C(F)(F)F)c1. The Bertz CT molecular complexity index is 867. The molecule has 5 nitrogen and oxygen atoms in total. The molecule has 0 aliphatic rings. The molecule has 0 heterocycles. The van der Waals surface area contributed by atoms with Gasteiger partial charge in [0, 0.05) is 13.2 Å². The van der Waals surface area contributed by atoms with Crippen LogP contribution in [0.25, 0.3) is 0 Å². The highest BCUT2D eigenvalue weighted by Crippen LogP contribution is 2.30. The van der Waals surface area contributed by atoms with Crippen molar-refractivity contribution in [2.45, 2.75) is 36.4 Å². The van der Waals surface area contributed by atoms with Gasteiger partial charge in [0.15, 0.2) is 0 Å². The number of halogens is 3. The van der Waals surface area contributed by atoms with Crippen molar-refractivity contribution in [1.82, 2.24) is 4.72 Å². The van der Waals surface area contributed by atoms with E-state index in [1.54, 1.807) is 24.3 Å². The summed E-state index contributed by atoms with van der Waals surface area (Å²) in [6.45, 7) is 0.0200. The maximum absolute atomic E-state index is 12.7. The molecule has 2 rings (SSSR count). The number of hydrogen-bond donors (Lipinski definition) is 3. The Morgan fingerprint density at radius 1 is 1.07 bits per heavy atom. The third-order valence-corrected chi connectivity index (χ3v) is 5.64. The lowest BCUT2D eigenvalue weighted by molar-refractivity contribution is -0.137. The second-order valence-electron chi connectivity index (χ2n) is 6.30. The summed E-state index contributed by atoms with van der Waals surface area (Å²) in [6, 6.07) is 10.5. The predicted molar refractivity (Wildman–Crippen MR) is 98.1 cm³/mol. The first-order valence-electron chi connectivity index (χ1n) is 8.68. The molecule has 0 saturated heterocycles. The first kappa shape index (κ1) is 22.4. The van der Waals surface area contributed by atoms with E-state index in [1.165, 1.54) is 0 Å². The van der Waals surface area contributed by atoms with Crippen LogP contribution in [0.1, 0.15) is 35.6 Å². The molecular formula is C19H22F3NO4S. The van der Waals surface area contributed by atoms with E-state index in [0.717, 1.165) is 23.8 Å². The molecule has 9 heteroatoms. The van der Waals surface area contributed by atoms with E-state index in [2.05, 4.69) is 4.72 Å². The smallest absolute Gasteiger partial charge is 0.396 e. The first-order valence-corrected chi connectivity index (χ1v) is 10.2. The molecule has 0 radical (unpaired) electrons. The molecule has 0 fully saturated rings. The fourth-order valence-electron chi connectivity index (χ4n) is 2.61. The number of rotatable bonds is 9. The zero-order valence-corrected chi connectivity index (χ0v) is 15.8. The molecule has 1 unspecified atom stereocenters. The first-order chi connectivity index (χ1) is 13.1. The van der Waals surface area contributed by atoms with E-state index in [4.69, 9.17) is 5.11 Å². The fourth-order valence-corrected chi connectivity index (χ4v) is 3.69. The zero-order chi connectivity index (χ0) is 20.8. The minimum Gasteiger partial charge on any atom is -0.396 e. The molecule has 0 aromatic heterocycles. The summed E-state index contributed by atoms with van der Waals surface area (Å²) < 4.78 is 64.9. The summed E-state index contributed by atoms with van der Waals surface area (Å²) >= 11 is 0. The number of aliphatic hydroxyl groups excluding tert-OH is 2. The molecule has 2 aromatic rings. The molecule has 0 spiro atoms. The maximum Gasteiger partial charge on any atom is 0.416 e. The summed E-state index contributed by atoms with van der Waals surface area (Å²) in [7, 11) is -4.06. The van der Waals surface area contributed by atoms with Gasteiger partial charge in [-0.2, -0.15) is 13.2 Å². The quantitative estimate of drug-likeness (QED) is 0.585. The van der Waals surface area contributed by atoms with Crippen LogP contribution in [0.5, 0.6) is 0 Å². The van der Waals surface area contributed by atoms with Crippen molar-refractivity contribution in [2.75, 3.05) is 13.2 Å². The van der Waals surface area contributed by atoms with Gasteiger partial charge in [-0.15, -0.1) is 0 Å². The molecule has 0 amide bonds. The zero-order valence-electron chi connectivity index (χ0n) is 15.0. The highest BCUT2D eigenvalue weighted by Gasteiger charge is 2.31. The van der Waals surface area contributed by atoms with E-state index in [0.29, 0.717) is 30.9 Å². The van der Waals surface area contributed by atoms with Crippen molar-refractivity contribution < 1.29 is 31.8 Å². The van der Waals surface area contributed by atoms with Gasteiger partial charge >= 0.3 is 6.18 Å². The number of benzene rings is 2. The highest BCUT2D eigenvalue weighted by atomic mass is 32.2. The summed E-state index contributed by atoms with van der Waals surface area (Å²) in [6.07, 6.45) is -4.03. The third-order valence-electron chi connectivity index (χ3n) is 4.18. The fraction of sp³-hybridized carbons (Fsp3) is 0.368. The summed E-state index contributed by atoms with van der Waals surface area (Å²) in [5, 5.41) is 18.7. The Morgan fingerprint density at radius 3 is 2.36 bits per heavy atom. The molecule has 0 bridgehead atoms. The van der Waals surface area contributed by atoms with E-state index in [9.17, 15) is 26.7 Å². The van der Waals surface area contributed by atoms with Gasteiger partial charge in [0.25, 0.3) is 0 Å². The normalized spacial score (nSPS) is 13.5. The van der Waals surface area contributed by atoms with Gasteiger partial charge in [0.05, 0.1) is 16.6 Å². The van der Waals surface area contributed by atoms with Crippen molar-refractivity contribution in [3.05, 3.63) is 65.2 Å². The van der Waals surface area contributed by atoms with Crippen LogP contribution in [0.2, 0.25) is 0 Å². The Hall–Kier alpha value is -1.94. The molecule has 2 aromatic carbocycles. The lowest BCUT2D eigenvalue weighted by Crippen LogP contribution is -2.26. The molecule has 0 aliphatic carbocycles. The third kappa shape index (κ3) is 6.30. The van der Waals surface area contributed by atoms with Crippen LogP contribution in [-0.2, 0) is 22.6 Å². The van der Waals surface area contributed by atoms with Gasteiger partial charge in [-0.05, 0) is 48.6 Å². The van der Waals surface area contributed by atoms with Crippen molar-refractivity contribution >= 4 is 10.0 Å². The van der Waals surface area contributed by atoms with Crippen LogP contribution in [0.3, 0.4) is 0 Å². The minimum atomic E-state index is -4.62. The van der Waals surface area contributed by atoms with E-state index < -0.39 is 32.8 Å². The van der Waals surface area contributed by atoms with Gasteiger partial charge in [-0.25, -0.2) is 13.1 Å². The summed E-state index contributed by atoms with van der Waals surface area (Å²) in [5.41, 5.74) is 0.484. The average Bonchev–Trinajstić information content (AvgIpc) is 2.66. The molecule has 154 valence electrons. The van der Waals surface area contributed by atoms with Crippen LogP contribution in [-0.4, -0.2) is 31.8 Å². The number of aliphatic hydroxyl groups is 2. The second-order valence-corrected chi connectivity index (χ2v) is 8.06. The maximum atomic E-state index is 12.7. The van der Waals surface area contributed by atoms with E-state index in [1.807, 2.05) is 0 Å². The molecule has 1 atom stereocenters. The van der Waals surface area contributed by atoms with Gasteiger partial charge in [-0.1, -0.05) is 30.3 Å². The Morgan fingerprint density at radius 2 is 1.75 bits per heavy atom. The number of nitrogens with one attached hydrogen (secondary N) is 1. The number of hydrogen-bond acceptors (Lipinski definition) is 4. The highest BCUT2D eigenvalue weighted by molar-refractivity contribution is 7.89. The van der Waals surface area contributed by atoms with Crippen LogP contribution in [0.15, 0.2) is 53.4 Å². The van der Waals surface area contributed by atoms with Crippen molar-refractivity contribution in [2.24, 2.45) is 0 Å². The van der Waals surface area contributed by atoms with Crippen LogP contribution >= 0.6 is 0 Å². The van der Waals surface area contributed by atoms with Crippen LogP contribution in [0.4, 0.5) is 13.2 Å². The predicted octanol–water partition coefficient (Wildman–Crippen LogP) is 3.03. The molecule has 0 aliphatic heterocycles. The lowest BCUT2D eigenvalue weighted by Gasteiger charge is -2.12. The Balaban J connectivity index is 1.95. The Labute approximate surface area is 161 Å². The van der Waals surface area contributed by atoms with Crippen molar-refractivity contribution in [3.8, 4) is 0 Å². The topological polar surface area (TPSA) is 86.6 Å². The van der Waals surface area contributed by atoms with Gasteiger partial charge in [-0.3, -0.25) is 0 Å². The second kappa shape index (κ2) is 9.51. The van der Waals surface area contributed by atoms with Crippen LogP contribution < -0.4 is 4.72 Å². The standard InChI is InChI=1S/C19H22F3NO4S/c20-19(21,22)16-3-1-4-17(13-16)28(26,27)23-11-10-14-6-8-15(9-7-14)18(25)5-2-12-24/h1,3-4,6-9,13,18,23-25H,2,5,10-12H2. The van der Waals surface area contributed by atoms with Crippen LogP contribution in [0, 0.1) is 0 Å². The Kier molecular flexibility index (Phi) is 7.59. The molecule has 0 saturated carbocycles. The molecule has 3 N–H and O–H groups in total. The number of alkyl halides is 3. The lowest BCUT2D eigenvalue weighted by atomic mass is 10.0. The van der Waals surface area contributed by atoms with Gasteiger partial charge in [0.2, 0.25) is 10.0 Å². The molecular weight excluding hydrogens is 395 g/mol. The largest absolute Gasteiger partial charge is 0.416 e. The molecule has 28 heavy (non-hydrogen) atoms. The average molecular weight is 417 g/mol. The summed E-state index contributed by atoms with van der Waals surface area (Å²) in [4.78, 5) is -0.440. The van der Waals surface area contributed by atoms with Gasteiger partial charge in [0.1, 0.15) is 0 Å². The monoisotopic (exact) mass is 417 g/mol. The van der Waals surface area contributed by atoms with E-state index >= 15 is 0 Å².